The third-order valence-electron chi connectivity index (χ3n) is 12.6. The lowest BCUT2D eigenvalue weighted by atomic mass is 9.76. The number of ether oxygens (including phenoxy) is 1. The summed E-state index contributed by atoms with van der Waals surface area (Å²) in [6.07, 6.45) is -4.51. The third kappa shape index (κ3) is 12.4. The van der Waals surface area contributed by atoms with Crippen LogP contribution in [0.25, 0.3) is 10.4 Å². The largest absolute Gasteiger partial charge is 0.417 e. The van der Waals surface area contributed by atoms with Gasteiger partial charge < -0.3 is 25.4 Å². The number of Topliss-reactive ketones (excluding diaryl/α,β-unsaturated/α-hetero) is 1. The number of ketones is 1. The molecule has 2 fully saturated rings. The molecule has 0 spiro atoms. The molecule has 372 valence electrons. The minimum atomic E-state index is -4.88. The molecule has 0 aliphatic carbocycles. The number of imide groups is 1. The highest BCUT2D eigenvalue weighted by molar-refractivity contribution is 7.13. The number of aryl methyl sites for hydroxylation is 2. The summed E-state index contributed by atoms with van der Waals surface area (Å²) in [5.41, 5.74) is 1.57. The van der Waals surface area contributed by atoms with Crippen LogP contribution in [0.4, 0.5) is 29.3 Å². The van der Waals surface area contributed by atoms with Crippen LogP contribution >= 0.6 is 11.3 Å². The van der Waals surface area contributed by atoms with Gasteiger partial charge in [-0.2, -0.15) is 18.4 Å². The molecule has 1 aromatic heterocycles. The number of hydrogen-bond donors (Lipinski definition) is 3. The van der Waals surface area contributed by atoms with E-state index in [9.17, 15) is 47.0 Å². The third-order valence-corrected chi connectivity index (χ3v) is 13.6. The second kappa shape index (κ2) is 22.1. The van der Waals surface area contributed by atoms with Crippen LogP contribution in [0.3, 0.4) is 0 Å². The molecule has 1 unspecified atom stereocenters. The van der Waals surface area contributed by atoms with Gasteiger partial charge in [0.15, 0.2) is 0 Å². The molecule has 19 heteroatoms. The highest BCUT2D eigenvalue weighted by Crippen LogP contribution is 2.40. The number of hydrogen-bond acceptors (Lipinski definition) is 11. The average Bonchev–Trinajstić information content (AvgIpc) is 3.97. The van der Waals surface area contributed by atoms with Crippen molar-refractivity contribution in [2.24, 2.45) is 11.3 Å². The normalized spacial score (nSPS) is 17.4. The van der Waals surface area contributed by atoms with Gasteiger partial charge in [-0.3, -0.25) is 28.9 Å². The van der Waals surface area contributed by atoms with E-state index >= 15 is 0 Å². The number of anilines is 2. The van der Waals surface area contributed by atoms with E-state index in [1.54, 1.807) is 41.1 Å². The number of likely N-dealkylation sites (tertiary alicyclic amines) is 1. The van der Waals surface area contributed by atoms with Gasteiger partial charge in [0.05, 0.1) is 58.3 Å². The molecule has 6 amide bonds. The van der Waals surface area contributed by atoms with Crippen molar-refractivity contribution in [3.8, 4) is 16.5 Å². The van der Waals surface area contributed by atoms with Gasteiger partial charge in [-0.25, -0.2) is 14.7 Å². The fourth-order valence-corrected chi connectivity index (χ4v) is 9.43. The van der Waals surface area contributed by atoms with Crippen molar-refractivity contribution in [2.75, 3.05) is 36.1 Å². The molecular weight excluding hydrogens is 928 g/mol. The smallest absolute Gasteiger partial charge is 0.391 e. The molecule has 3 N–H and O–H groups in total. The van der Waals surface area contributed by atoms with Crippen molar-refractivity contribution in [1.29, 1.82) is 5.26 Å². The Labute approximate surface area is 409 Å². The van der Waals surface area contributed by atoms with E-state index in [1.807, 2.05) is 52.0 Å². The zero-order chi connectivity index (χ0) is 51.1. The van der Waals surface area contributed by atoms with Gasteiger partial charge >= 0.3 is 12.2 Å². The number of urea groups is 1. The van der Waals surface area contributed by atoms with Crippen molar-refractivity contribution in [2.45, 2.75) is 110 Å². The lowest BCUT2D eigenvalue weighted by Crippen LogP contribution is -2.50. The van der Waals surface area contributed by atoms with E-state index in [0.717, 1.165) is 39.4 Å². The molecule has 6 rings (SSSR count). The molecule has 2 aliphatic rings. The molecule has 0 bridgehead atoms. The van der Waals surface area contributed by atoms with Crippen molar-refractivity contribution >= 4 is 58.2 Å². The number of carbonyl (C=O) groups excluding carboxylic acids is 6. The van der Waals surface area contributed by atoms with E-state index < -0.39 is 58.3 Å². The first kappa shape index (κ1) is 52.9. The molecule has 0 saturated carbocycles. The number of nitriles is 1. The lowest BCUT2D eigenvalue weighted by molar-refractivity contribution is -0.146. The van der Waals surface area contributed by atoms with E-state index in [1.165, 1.54) is 29.7 Å². The van der Waals surface area contributed by atoms with Crippen LogP contribution in [-0.4, -0.2) is 94.4 Å². The quantitative estimate of drug-likeness (QED) is 0.0624. The summed E-state index contributed by atoms with van der Waals surface area (Å²) in [6.45, 7) is 11.2. The summed E-state index contributed by atoms with van der Waals surface area (Å²) in [6, 6.07) is 17.0. The predicted molar refractivity (Wildman–Crippen MR) is 256 cm³/mol. The number of nitrogens with one attached hydrogen (secondary N) is 2. The number of nitrogens with zero attached hydrogens (tertiary/aromatic N) is 5. The monoisotopic (exact) mass is 985 g/mol. The Kier molecular flexibility index (Phi) is 16.7. The summed E-state index contributed by atoms with van der Waals surface area (Å²) in [4.78, 5) is 88.9. The van der Waals surface area contributed by atoms with Crippen molar-refractivity contribution < 1.29 is 51.8 Å². The van der Waals surface area contributed by atoms with Gasteiger partial charge in [-0.05, 0) is 86.1 Å². The summed E-state index contributed by atoms with van der Waals surface area (Å²) in [5, 5.41) is 25.4. The van der Waals surface area contributed by atoms with Crippen LogP contribution < -0.4 is 20.4 Å². The van der Waals surface area contributed by atoms with Gasteiger partial charge in [-0.1, -0.05) is 57.2 Å². The maximum atomic E-state index is 14.0. The zero-order valence-corrected chi connectivity index (χ0v) is 40.8. The summed E-state index contributed by atoms with van der Waals surface area (Å²) >= 11 is 1.56. The molecule has 70 heavy (non-hydrogen) atoms. The molecule has 15 nitrogen and oxygen atoms in total. The maximum Gasteiger partial charge on any atom is 0.417 e. The van der Waals surface area contributed by atoms with E-state index in [4.69, 9.17) is 10.00 Å². The van der Waals surface area contributed by atoms with Crippen LogP contribution in [0.2, 0.25) is 0 Å². The molecular formula is C51H58F3N7O8S. The Morgan fingerprint density at radius 1 is 0.957 bits per heavy atom. The first-order valence-corrected chi connectivity index (χ1v) is 23.9. The number of β-amino-alcohol motifs (C(OH)–C–C–N with tert-alkyl or cyclic N) is 1. The van der Waals surface area contributed by atoms with Crippen LogP contribution in [0.5, 0.6) is 0 Å². The number of halogens is 3. The van der Waals surface area contributed by atoms with Gasteiger partial charge in [0.25, 0.3) is 5.91 Å². The molecule has 2 aliphatic heterocycles. The van der Waals surface area contributed by atoms with Gasteiger partial charge in [0.1, 0.15) is 17.4 Å². The van der Waals surface area contributed by atoms with Crippen LogP contribution in [0.15, 0.2) is 72.2 Å². The fraction of sp³-hybridized carbons (Fsp3) is 0.451. The predicted octanol–water partition coefficient (Wildman–Crippen LogP) is 7.51. The van der Waals surface area contributed by atoms with Crippen LogP contribution in [0, 0.1) is 29.6 Å². The first-order chi connectivity index (χ1) is 33.0. The number of amides is 6. The van der Waals surface area contributed by atoms with Crippen molar-refractivity contribution in [3.05, 3.63) is 100 Å². The minimum absolute atomic E-state index is 0.0142. The fourth-order valence-electron chi connectivity index (χ4n) is 8.62. The standard InChI is InChI=1S/C51H58F3N7O8S/c1-31-44(70-30-58-31)34-14-10-33(11-15-34)28-57-45(65)42-26-39(63)29-59(42)46(66)41(49(2,3)4)25-38(62)20-22-69-23-21-56-43(64)9-7-8-32-12-17-36(18-13-32)61-48(68)60(47(67)50(61,5)6)37-19-16-35(27-55)40(24-37)51(52,53)54/h10-19,24,30,39,41-42,63H,7-9,20-23,25-26,28-29H2,1-6H3,(H,56,64)(H,57,65)/t39-,41?,42+/m1/s1. The number of thiazole rings is 1. The number of benzene rings is 3. The van der Waals surface area contributed by atoms with Gasteiger partial charge in [0.2, 0.25) is 17.7 Å². The summed E-state index contributed by atoms with van der Waals surface area (Å²) in [7, 11) is 0. The Morgan fingerprint density at radius 3 is 2.26 bits per heavy atom. The Bertz CT molecular complexity index is 2620. The van der Waals surface area contributed by atoms with E-state index in [2.05, 4.69) is 15.6 Å². The Hall–Kier alpha value is -6.49. The van der Waals surface area contributed by atoms with Crippen molar-refractivity contribution in [3.63, 3.8) is 0 Å². The van der Waals surface area contributed by atoms with Gasteiger partial charge in [0, 0.05) is 56.9 Å². The number of rotatable bonds is 19. The second-order valence-corrected chi connectivity index (χ2v) is 20.0. The number of carbonyl (C=O) groups is 6. The molecule has 3 heterocycles. The van der Waals surface area contributed by atoms with Crippen LogP contribution in [-0.2, 0) is 47.9 Å². The lowest BCUT2D eigenvalue weighted by Gasteiger charge is -2.34. The number of alkyl halides is 3. The molecule has 4 aromatic rings. The van der Waals surface area contributed by atoms with E-state index in [-0.39, 0.29) is 87.7 Å². The highest BCUT2D eigenvalue weighted by atomic mass is 32.1. The number of aliphatic hydroxyl groups is 1. The van der Waals surface area contributed by atoms with Crippen LogP contribution in [0.1, 0.15) is 94.7 Å². The van der Waals surface area contributed by atoms with Crippen molar-refractivity contribution in [1.82, 2.24) is 20.5 Å². The SMILES string of the molecule is Cc1ncsc1-c1ccc(CNC(=O)[C@@H]2C[C@@H](O)CN2C(=O)C(CC(=O)CCOCCNC(=O)CCCc2ccc(N3C(=O)N(c4ccc(C#N)c(C(F)(F)F)c4)C(=O)C3(C)C)cc2)C(C)(C)C)cc1. The number of aromatic nitrogens is 1. The second-order valence-electron chi connectivity index (χ2n) is 19.1. The average molecular weight is 986 g/mol. The molecule has 0 radical (unpaired) electrons. The topological polar surface area (TPSA) is 202 Å². The zero-order valence-electron chi connectivity index (χ0n) is 40.0. The summed E-state index contributed by atoms with van der Waals surface area (Å²) in [5.74, 6) is -2.64. The number of aliphatic hydroxyl groups excluding tert-OH is 1. The first-order valence-electron chi connectivity index (χ1n) is 23.0. The summed E-state index contributed by atoms with van der Waals surface area (Å²) < 4.78 is 46.6. The van der Waals surface area contributed by atoms with Gasteiger partial charge in [-0.15, -0.1) is 11.3 Å². The highest BCUT2D eigenvalue weighted by Gasteiger charge is 2.53. The van der Waals surface area contributed by atoms with E-state index in [0.29, 0.717) is 29.5 Å². The Balaban J connectivity index is 0.900. The molecule has 3 aromatic carbocycles. The minimum Gasteiger partial charge on any atom is -0.391 e. The molecule has 3 atom stereocenters. The maximum absolute atomic E-state index is 14.0. The molecule has 2 saturated heterocycles. The Morgan fingerprint density at radius 2 is 1.63 bits per heavy atom.